The minimum atomic E-state index is 0.750. The van der Waals surface area contributed by atoms with Crippen LogP contribution in [0.1, 0.15) is 34.6 Å². The summed E-state index contributed by atoms with van der Waals surface area (Å²) in [5.41, 5.74) is 4.85. The maximum Gasteiger partial charge on any atom is 0.0106 e. The van der Waals surface area contributed by atoms with Gasteiger partial charge in [0.25, 0.3) is 0 Å². The third-order valence-corrected chi connectivity index (χ3v) is 0.754. The molecule has 80 valence electrons. The van der Waals surface area contributed by atoms with Crippen LogP contribution < -0.4 is 5.73 Å². The Hall–Kier alpha value is -0.760. The maximum absolute atomic E-state index is 4.85. The molecule has 1 aromatic heterocycles. The monoisotopic (exact) mass is 186 g/mol. The Bertz CT molecular complexity index is 123. The SMILES string of the molecule is CC.CC.CCN.Cn1cccc1. The van der Waals surface area contributed by atoms with Crippen molar-refractivity contribution in [3.63, 3.8) is 0 Å². The fourth-order valence-electron chi connectivity index (χ4n) is 0.421. The lowest BCUT2D eigenvalue weighted by Gasteiger charge is -1.79. The number of nitrogens with two attached hydrogens (primary N) is 1. The second-order valence-corrected chi connectivity index (χ2v) is 1.76. The summed E-state index contributed by atoms with van der Waals surface area (Å²) in [4.78, 5) is 0. The zero-order chi connectivity index (χ0) is 11.1. The van der Waals surface area contributed by atoms with Crippen molar-refractivity contribution in [1.29, 1.82) is 0 Å². The van der Waals surface area contributed by atoms with E-state index in [1.165, 1.54) is 0 Å². The molecule has 1 heterocycles. The summed E-state index contributed by atoms with van der Waals surface area (Å²) in [7, 11) is 2.00. The van der Waals surface area contributed by atoms with E-state index in [-0.39, 0.29) is 0 Å². The van der Waals surface area contributed by atoms with Crippen molar-refractivity contribution in [3.05, 3.63) is 24.5 Å². The van der Waals surface area contributed by atoms with E-state index in [2.05, 4.69) is 0 Å². The van der Waals surface area contributed by atoms with Crippen LogP contribution >= 0.6 is 0 Å². The lowest BCUT2D eigenvalue weighted by atomic mass is 10.7. The summed E-state index contributed by atoms with van der Waals surface area (Å²) in [6, 6.07) is 4.00. The average molecular weight is 186 g/mol. The highest BCUT2D eigenvalue weighted by Crippen LogP contribution is 1.80. The van der Waals surface area contributed by atoms with Gasteiger partial charge in [0, 0.05) is 19.4 Å². The average Bonchev–Trinajstić information content (AvgIpc) is 2.64. The van der Waals surface area contributed by atoms with E-state index < -0.39 is 0 Å². The molecule has 0 saturated heterocycles. The number of rotatable bonds is 0. The molecule has 2 nitrogen and oxygen atoms in total. The molecule has 0 aliphatic rings. The fraction of sp³-hybridized carbons (Fsp3) is 0.636. The Morgan fingerprint density at radius 1 is 1.00 bits per heavy atom. The lowest BCUT2D eigenvalue weighted by Crippen LogP contribution is -1.87. The largest absolute Gasteiger partial charge is 0.357 e. The van der Waals surface area contributed by atoms with Crippen LogP contribution in [0.15, 0.2) is 24.5 Å². The molecule has 13 heavy (non-hydrogen) atoms. The van der Waals surface area contributed by atoms with Crippen molar-refractivity contribution in [1.82, 2.24) is 4.57 Å². The summed E-state index contributed by atoms with van der Waals surface area (Å²) in [6.07, 6.45) is 4.00. The predicted molar refractivity (Wildman–Crippen MR) is 62.8 cm³/mol. The Kier molecular flexibility index (Phi) is 31.3. The molecule has 1 aromatic rings. The first-order chi connectivity index (χ1) is 6.31. The minimum Gasteiger partial charge on any atom is -0.357 e. The molecule has 0 bridgehead atoms. The van der Waals surface area contributed by atoms with Gasteiger partial charge in [0.2, 0.25) is 0 Å². The molecule has 0 aliphatic carbocycles. The molecule has 0 unspecified atom stereocenters. The number of aryl methyl sites for hydroxylation is 1. The van der Waals surface area contributed by atoms with E-state index >= 15 is 0 Å². The third-order valence-electron chi connectivity index (χ3n) is 0.754. The van der Waals surface area contributed by atoms with E-state index in [9.17, 15) is 0 Å². The van der Waals surface area contributed by atoms with Gasteiger partial charge in [-0.1, -0.05) is 34.6 Å². The normalized spacial score (nSPS) is 6.38. The number of hydrogen-bond acceptors (Lipinski definition) is 1. The summed E-state index contributed by atoms with van der Waals surface area (Å²) < 4.78 is 2.00. The maximum atomic E-state index is 4.85. The summed E-state index contributed by atoms with van der Waals surface area (Å²) in [5.74, 6) is 0. The first-order valence-corrected chi connectivity index (χ1v) is 5.08. The van der Waals surface area contributed by atoms with Crippen molar-refractivity contribution in [3.8, 4) is 0 Å². The molecule has 1 rings (SSSR count). The first kappa shape index (κ1) is 18.1. The Morgan fingerprint density at radius 2 is 1.23 bits per heavy atom. The van der Waals surface area contributed by atoms with Crippen molar-refractivity contribution in [2.75, 3.05) is 6.54 Å². The summed E-state index contributed by atoms with van der Waals surface area (Å²) in [5, 5.41) is 0. The van der Waals surface area contributed by atoms with Crippen LogP contribution in [0.2, 0.25) is 0 Å². The van der Waals surface area contributed by atoms with E-state index in [1.807, 2.05) is 70.8 Å². The molecular weight excluding hydrogens is 160 g/mol. The van der Waals surface area contributed by atoms with Gasteiger partial charge in [-0.2, -0.15) is 0 Å². The second-order valence-electron chi connectivity index (χ2n) is 1.76. The minimum absolute atomic E-state index is 0.750. The quantitative estimate of drug-likeness (QED) is 0.663. The first-order valence-electron chi connectivity index (χ1n) is 5.08. The molecule has 0 saturated carbocycles. The zero-order valence-corrected chi connectivity index (χ0v) is 10.0. The third kappa shape index (κ3) is 24.6. The van der Waals surface area contributed by atoms with Gasteiger partial charge >= 0.3 is 0 Å². The molecule has 0 amide bonds. The molecule has 0 atom stereocenters. The molecule has 0 spiro atoms. The van der Waals surface area contributed by atoms with Crippen LogP contribution in [0.3, 0.4) is 0 Å². The predicted octanol–water partition coefficient (Wildman–Crippen LogP) is 3.04. The highest BCUT2D eigenvalue weighted by Gasteiger charge is 1.68. The van der Waals surface area contributed by atoms with Crippen LogP contribution in [-0.4, -0.2) is 11.1 Å². The van der Waals surface area contributed by atoms with Crippen molar-refractivity contribution >= 4 is 0 Å². The molecule has 0 radical (unpaired) electrons. The standard InChI is InChI=1S/C5H7N.C2H7N.2C2H6/c1-6-4-2-3-5-6;1-2-3;2*1-2/h2-5H,1H3;2-3H2,1H3;2*1-2H3. The summed E-state index contributed by atoms with van der Waals surface area (Å²) >= 11 is 0. The van der Waals surface area contributed by atoms with Crippen LogP contribution in [0.25, 0.3) is 0 Å². The van der Waals surface area contributed by atoms with Crippen LogP contribution in [0, 0.1) is 0 Å². The fourth-order valence-corrected chi connectivity index (χ4v) is 0.421. The van der Waals surface area contributed by atoms with Gasteiger partial charge in [0.15, 0.2) is 0 Å². The van der Waals surface area contributed by atoms with Gasteiger partial charge in [-0.25, -0.2) is 0 Å². The topological polar surface area (TPSA) is 30.9 Å². The van der Waals surface area contributed by atoms with Crippen LogP contribution in [-0.2, 0) is 7.05 Å². The molecule has 0 fully saturated rings. The molecule has 2 N–H and O–H groups in total. The lowest BCUT2D eigenvalue weighted by molar-refractivity contribution is 0.928. The number of hydrogen-bond donors (Lipinski definition) is 1. The van der Waals surface area contributed by atoms with E-state index in [1.54, 1.807) is 0 Å². The van der Waals surface area contributed by atoms with E-state index in [4.69, 9.17) is 5.73 Å². The van der Waals surface area contributed by atoms with E-state index in [0.29, 0.717) is 0 Å². The Morgan fingerprint density at radius 3 is 1.31 bits per heavy atom. The number of aromatic nitrogens is 1. The Balaban J connectivity index is -0.000000124. The van der Waals surface area contributed by atoms with Gasteiger partial charge in [-0.05, 0) is 18.7 Å². The molecule has 0 aliphatic heterocycles. The zero-order valence-electron chi connectivity index (χ0n) is 10.0. The van der Waals surface area contributed by atoms with Crippen molar-refractivity contribution in [2.45, 2.75) is 34.6 Å². The van der Waals surface area contributed by atoms with Crippen LogP contribution in [0.4, 0.5) is 0 Å². The molecule has 0 aromatic carbocycles. The second kappa shape index (κ2) is 22.5. The molecule has 2 heteroatoms. The van der Waals surface area contributed by atoms with Gasteiger partial charge in [0.05, 0.1) is 0 Å². The Labute approximate surface area is 83.8 Å². The smallest absolute Gasteiger partial charge is 0.0106 e. The van der Waals surface area contributed by atoms with Crippen molar-refractivity contribution in [2.24, 2.45) is 12.8 Å². The van der Waals surface area contributed by atoms with Gasteiger partial charge < -0.3 is 10.3 Å². The van der Waals surface area contributed by atoms with Gasteiger partial charge in [0.1, 0.15) is 0 Å². The van der Waals surface area contributed by atoms with Crippen molar-refractivity contribution < 1.29 is 0 Å². The van der Waals surface area contributed by atoms with E-state index in [0.717, 1.165) is 6.54 Å². The number of nitrogens with zero attached hydrogens (tertiary/aromatic N) is 1. The van der Waals surface area contributed by atoms with Gasteiger partial charge in [-0.3, -0.25) is 0 Å². The highest BCUT2D eigenvalue weighted by molar-refractivity contribution is 4.88. The highest BCUT2D eigenvalue weighted by atomic mass is 14.9. The van der Waals surface area contributed by atoms with Gasteiger partial charge in [-0.15, -0.1) is 0 Å². The van der Waals surface area contributed by atoms with Crippen LogP contribution in [0.5, 0.6) is 0 Å². The molecular formula is C11H26N2. The summed E-state index contributed by atoms with van der Waals surface area (Å²) in [6.45, 7) is 10.7.